The van der Waals surface area contributed by atoms with Crippen LogP contribution >= 0.6 is 12.6 Å². The zero-order valence-corrected chi connectivity index (χ0v) is 19.7. The van der Waals surface area contributed by atoms with Crippen LogP contribution in [0.5, 0.6) is 0 Å². The first kappa shape index (κ1) is 21.9. The highest BCUT2D eigenvalue weighted by Crippen LogP contribution is 2.56. The SMILES string of the molecule is CN(C)c1nc(NC2CCC3(CC2)C[C@H]3NC(=O)c2ccc(S)cc2F)nc2ccccc12. The number of amides is 1. The van der Waals surface area contributed by atoms with Gasteiger partial charge in [0, 0.05) is 36.5 Å². The summed E-state index contributed by atoms with van der Waals surface area (Å²) in [6, 6.07) is 12.8. The number of fused-ring (bicyclic) bond motifs is 1. The molecule has 1 aromatic heterocycles. The highest BCUT2D eigenvalue weighted by molar-refractivity contribution is 7.80. The van der Waals surface area contributed by atoms with Crippen molar-refractivity contribution in [2.75, 3.05) is 24.3 Å². The molecule has 1 atom stereocenters. The van der Waals surface area contributed by atoms with Crippen molar-refractivity contribution in [1.29, 1.82) is 0 Å². The summed E-state index contributed by atoms with van der Waals surface area (Å²) in [4.78, 5) is 24.5. The minimum atomic E-state index is -0.532. The summed E-state index contributed by atoms with van der Waals surface area (Å²) in [5, 5.41) is 7.61. The van der Waals surface area contributed by atoms with Crippen molar-refractivity contribution < 1.29 is 9.18 Å². The summed E-state index contributed by atoms with van der Waals surface area (Å²) in [6.07, 6.45) is 4.96. The van der Waals surface area contributed by atoms with E-state index in [0.29, 0.717) is 16.9 Å². The van der Waals surface area contributed by atoms with Crippen LogP contribution in [-0.2, 0) is 0 Å². The molecule has 2 aliphatic rings. The number of aromatic nitrogens is 2. The lowest BCUT2D eigenvalue weighted by Crippen LogP contribution is -2.34. The number of nitrogens with one attached hydrogen (secondary N) is 2. The molecule has 8 heteroatoms. The van der Waals surface area contributed by atoms with Crippen LogP contribution in [0.15, 0.2) is 47.4 Å². The van der Waals surface area contributed by atoms with E-state index in [1.54, 1.807) is 6.07 Å². The lowest BCUT2D eigenvalue weighted by molar-refractivity contribution is 0.0937. The van der Waals surface area contributed by atoms with Crippen LogP contribution in [0, 0.1) is 11.2 Å². The van der Waals surface area contributed by atoms with Crippen LogP contribution in [0.2, 0.25) is 0 Å². The zero-order chi connectivity index (χ0) is 23.2. The van der Waals surface area contributed by atoms with E-state index in [2.05, 4.69) is 23.3 Å². The van der Waals surface area contributed by atoms with Gasteiger partial charge in [0.1, 0.15) is 11.6 Å². The molecule has 0 aliphatic heterocycles. The van der Waals surface area contributed by atoms with E-state index in [1.165, 1.54) is 12.1 Å². The number of benzene rings is 2. The number of hydrogen-bond acceptors (Lipinski definition) is 6. The van der Waals surface area contributed by atoms with E-state index in [-0.39, 0.29) is 22.9 Å². The molecule has 1 heterocycles. The average Bonchev–Trinajstić information content (AvgIpc) is 3.45. The predicted octanol–water partition coefficient (Wildman–Crippen LogP) is 4.67. The van der Waals surface area contributed by atoms with Gasteiger partial charge in [0.05, 0.1) is 11.1 Å². The van der Waals surface area contributed by atoms with Crippen molar-refractivity contribution in [1.82, 2.24) is 15.3 Å². The number of carbonyl (C=O) groups excluding carboxylic acids is 1. The van der Waals surface area contributed by atoms with Gasteiger partial charge in [-0.2, -0.15) is 4.98 Å². The van der Waals surface area contributed by atoms with Gasteiger partial charge in [-0.3, -0.25) is 4.79 Å². The van der Waals surface area contributed by atoms with Gasteiger partial charge in [-0.1, -0.05) is 12.1 Å². The Morgan fingerprint density at radius 2 is 1.91 bits per heavy atom. The third kappa shape index (κ3) is 4.36. The van der Waals surface area contributed by atoms with Crippen molar-refractivity contribution in [2.24, 2.45) is 5.41 Å². The Morgan fingerprint density at radius 3 is 2.64 bits per heavy atom. The van der Waals surface area contributed by atoms with Crippen LogP contribution in [-0.4, -0.2) is 42.1 Å². The Labute approximate surface area is 198 Å². The Balaban J connectivity index is 1.20. The Morgan fingerprint density at radius 1 is 1.15 bits per heavy atom. The topological polar surface area (TPSA) is 70.2 Å². The second-order valence-corrected chi connectivity index (χ2v) is 9.97. The monoisotopic (exact) mass is 465 g/mol. The van der Waals surface area contributed by atoms with Gasteiger partial charge >= 0.3 is 0 Å². The first-order valence-corrected chi connectivity index (χ1v) is 11.8. The zero-order valence-electron chi connectivity index (χ0n) is 18.8. The molecule has 0 unspecified atom stereocenters. The fourth-order valence-electron chi connectivity index (χ4n) is 5.01. The van der Waals surface area contributed by atoms with E-state index in [1.807, 2.05) is 43.3 Å². The number of halogens is 1. The highest BCUT2D eigenvalue weighted by atomic mass is 32.1. The predicted molar refractivity (Wildman–Crippen MR) is 132 cm³/mol. The van der Waals surface area contributed by atoms with Crippen molar-refractivity contribution in [3.63, 3.8) is 0 Å². The lowest BCUT2D eigenvalue weighted by Gasteiger charge is -2.30. The van der Waals surface area contributed by atoms with Gasteiger partial charge in [-0.05, 0) is 67.9 Å². The molecular formula is C25H28FN5OS. The van der Waals surface area contributed by atoms with Gasteiger partial charge in [-0.15, -0.1) is 12.6 Å². The number of para-hydroxylation sites is 1. The normalized spacial score (nSPS) is 24.0. The van der Waals surface area contributed by atoms with Crippen molar-refractivity contribution >= 4 is 41.2 Å². The molecule has 3 aromatic rings. The minimum Gasteiger partial charge on any atom is -0.362 e. The van der Waals surface area contributed by atoms with Gasteiger partial charge in [0.25, 0.3) is 5.91 Å². The van der Waals surface area contributed by atoms with Crippen molar-refractivity contribution in [2.45, 2.75) is 49.1 Å². The second kappa shape index (κ2) is 8.48. The molecule has 0 radical (unpaired) electrons. The molecule has 2 fully saturated rings. The van der Waals surface area contributed by atoms with E-state index in [4.69, 9.17) is 9.97 Å². The first-order valence-electron chi connectivity index (χ1n) is 11.3. The highest BCUT2D eigenvalue weighted by Gasteiger charge is 2.55. The Hall–Kier alpha value is -2.87. The van der Waals surface area contributed by atoms with Crippen LogP contribution in [0.1, 0.15) is 42.5 Å². The fourth-order valence-corrected chi connectivity index (χ4v) is 5.20. The molecule has 2 aromatic carbocycles. The standard InChI is InChI=1S/C25H28FN5OS/c1-31(2)22-18-5-3-4-6-20(18)28-24(30-22)27-15-9-11-25(12-10-15)14-21(25)29-23(32)17-8-7-16(33)13-19(17)26/h3-8,13,15,21,33H,9-12,14H2,1-2H3,(H,29,32)(H,27,28,30)/t15?,21-,25?/m1/s1. The maximum atomic E-state index is 14.1. The molecule has 172 valence electrons. The molecule has 6 nitrogen and oxygen atoms in total. The number of carbonyl (C=O) groups is 1. The number of thiol groups is 1. The summed E-state index contributed by atoms with van der Waals surface area (Å²) in [6.45, 7) is 0. The number of anilines is 2. The van der Waals surface area contributed by atoms with Crippen LogP contribution in [0.3, 0.4) is 0 Å². The molecule has 0 saturated heterocycles. The number of rotatable bonds is 5. The molecule has 5 rings (SSSR count). The van der Waals surface area contributed by atoms with Gasteiger partial charge in [0.2, 0.25) is 5.95 Å². The lowest BCUT2D eigenvalue weighted by atomic mass is 9.83. The summed E-state index contributed by atoms with van der Waals surface area (Å²) in [5.41, 5.74) is 1.14. The molecule has 2 N–H and O–H groups in total. The Kier molecular flexibility index (Phi) is 5.64. The number of hydrogen-bond donors (Lipinski definition) is 3. The van der Waals surface area contributed by atoms with Gasteiger partial charge in [-0.25, -0.2) is 9.37 Å². The molecule has 2 aliphatic carbocycles. The second-order valence-electron chi connectivity index (χ2n) is 9.46. The van der Waals surface area contributed by atoms with Gasteiger partial charge < -0.3 is 15.5 Å². The van der Waals surface area contributed by atoms with E-state index in [0.717, 1.165) is 48.8 Å². The van der Waals surface area contributed by atoms with E-state index in [9.17, 15) is 9.18 Å². The molecule has 1 spiro atoms. The van der Waals surface area contributed by atoms with E-state index >= 15 is 0 Å². The summed E-state index contributed by atoms with van der Waals surface area (Å²) in [5.74, 6) is 0.680. The quantitative estimate of drug-likeness (QED) is 0.478. The smallest absolute Gasteiger partial charge is 0.254 e. The summed E-state index contributed by atoms with van der Waals surface area (Å²) in [7, 11) is 3.98. The summed E-state index contributed by atoms with van der Waals surface area (Å²) >= 11 is 4.12. The first-order chi connectivity index (χ1) is 15.8. The number of nitrogens with zero attached hydrogens (tertiary/aromatic N) is 3. The van der Waals surface area contributed by atoms with Crippen LogP contribution in [0.25, 0.3) is 10.9 Å². The molecule has 33 heavy (non-hydrogen) atoms. The van der Waals surface area contributed by atoms with E-state index < -0.39 is 5.82 Å². The molecule has 0 bridgehead atoms. The van der Waals surface area contributed by atoms with Crippen molar-refractivity contribution in [3.8, 4) is 0 Å². The van der Waals surface area contributed by atoms with Gasteiger partial charge in [0.15, 0.2) is 0 Å². The summed E-state index contributed by atoms with van der Waals surface area (Å²) < 4.78 is 14.1. The van der Waals surface area contributed by atoms with Crippen molar-refractivity contribution in [3.05, 3.63) is 53.8 Å². The fraction of sp³-hybridized carbons (Fsp3) is 0.400. The molecule has 1 amide bonds. The minimum absolute atomic E-state index is 0.0790. The van der Waals surface area contributed by atoms with Crippen LogP contribution in [0.4, 0.5) is 16.2 Å². The largest absolute Gasteiger partial charge is 0.362 e. The third-order valence-corrected chi connectivity index (χ3v) is 7.29. The molecular weight excluding hydrogens is 437 g/mol. The average molecular weight is 466 g/mol. The Bertz CT molecular complexity index is 1210. The maximum absolute atomic E-state index is 14.1. The molecule has 2 saturated carbocycles. The van der Waals surface area contributed by atoms with Crippen LogP contribution < -0.4 is 15.5 Å². The maximum Gasteiger partial charge on any atom is 0.254 e. The third-order valence-electron chi connectivity index (χ3n) is 7.01.